The second-order valence-electron chi connectivity index (χ2n) is 5.60. The van der Waals surface area contributed by atoms with Crippen molar-refractivity contribution in [1.82, 2.24) is 0 Å². The molecule has 1 saturated carbocycles. The lowest BCUT2D eigenvalue weighted by molar-refractivity contribution is 0.0385. The number of sulfone groups is 1. The highest BCUT2D eigenvalue weighted by Crippen LogP contribution is 2.38. The fourth-order valence-corrected chi connectivity index (χ4v) is 4.37. The molecule has 0 aliphatic heterocycles. The van der Waals surface area contributed by atoms with Crippen LogP contribution in [-0.4, -0.2) is 30.6 Å². The van der Waals surface area contributed by atoms with Crippen molar-refractivity contribution in [2.75, 3.05) is 6.26 Å². The van der Waals surface area contributed by atoms with Crippen molar-refractivity contribution < 1.29 is 13.5 Å². The Morgan fingerprint density at radius 1 is 1.44 bits per heavy atom. The van der Waals surface area contributed by atoms with Gasteiger partial charge in [0.05, 0.1) is 10.9 Å². The van der Waals surface area contributed by atoms with Gasteiger partial charge in [0, 0.05) is 6.26 Å². The summed E-state index contributed by atoms with van der Waals surface area (Å²) in [4.78, 5) is 0. The average molecular weight is 248 g/mol. The highest BCUT2D eigenvalue weighted by molar-refractivity contribution is 7.91. The van der Waals surface area contributed by atoms with Gasteiger partial charge < -0.3 is 5.11 Å². The molecule has 4 heteroatoms. The van der Waals surface area contributed by atoms with E-state index in [0.29, 0.717) is 25.2 Å². The van der Waals surface area contributed by atoms with Gasteiger partial charge in [-0.3, -0.25) is 0 Å². The van der Waals surface area contributed by atoms with E-state index in [2.05, 4.69) is 13.8 Å². The Balaban J connectivity index is 2.61. The Labute approximate surface area is 99.2 Å². The van der Waals surface area contributed by atoms with Gasteiger partial charge in [0.25, 0.3) is 0 Å². The lowest BCUT2D eigenvalue weighted by atomic mass is 9.92. The van der Waals surface area contributed by atoms with E-state index in [0.717, 1.165) is 19.3 Å². The van der Waals surface area contributed by atoms with E-state index in [1.54, 1.807) is 0 Å². The minimum atomic E-state index is -3.11. The van der Waals surface area contributed by atoms with Crippen LogP contribution in [0.4, 0.5) is 0 Å². The van der Waals surface area contributed by atoms with E-state index in [-0.39, 0.29) is 0 Å². The molecule has 96 valence electrons. The van der Waals surface area contributed by atoms with E-state index < -0.39 is 20.7 Å². The first-order chi connectivity index (χ1) is 7.26. The molecule has 2 unspecified atom stereocenters. The second kappa shape index (κ2) is 5.05. The summed E-state index contributed by atoms with van der Waals surface area (Å²) in [5.74, 6) is 0.613. The summed E-state index contributed by atoms with van der Waals surface area (Å²) in [6, 6.07) is 0. The molecular formula is C12H24O3S. The van der Waals surface area contributed by atoms with Gasteiger partial charge >= 0.3 is 0 Å². The summed E-state index contributed by atoms with van der Waals surface area (Å²) in [5, 5.41) is 9.89. The first kappa shape index (κ1) is 14.0. The van der Waals surface area contributed by atoms with Crippen molar-refractivity contribution in [3.05, 3.63) is 0 Å². The first-order valence-electron chi connectivity index (χ1n) is 6.17. The SMILES string of the molecule is CC(C)CCCC1(O)CCCC1S(C)(=O)=O. The Morgan fingerprint density at radius 2 is 2.06 bits per heavy atom. The summed E-state index contributed by atoms with van der Waals surface area (Å²) >= 11 is 0. The van der Waals surface area contributed by atoms with Gasteiger partial charge in [-0.15, -0.1) is 0 Å². The predicted octanol–water partition coefficient (Wildman–Crippen LogP) is 2.14. The van der Waals surface area contributed by atoms with E-state index in [4.69, 9.17) is 0 Å². The number of aliphatic hydroxyl groups is 1. The Hall–Kier alpha value is -0.0900. The Morgan fingerprint density at radius 3 is 2.56 bits per heavy atom. The molecule has 1 rings (SSSR count). The summed E-state index contributed by atoms with van der Waals surface area (Å²) < 4.78 is 23.2. The average Bonchev–Trinajstić information content (AvgIpc) is 2.45. The fraction of sp³-hybridized carbons (Fsp3) is 1.00. The molecule has 1 aliphatic rings. The van der Waals surface area contributed by atoms with Gasteiger partial charge in [0.2, 0.25) is 0 Å². The van der Waals surface area contributed by atoms with Crippen LogP contribution in [0, 0.1) is 5.92 Å². The van der Waals surface area contributed by atoms with Gasteiger partial charge in [0.15, 0.2) is 9.84 Å². The zero-order valence-electron chi connectivity index (χ0n) is 10.6. The molecule has 0 aromatic heterocycles. The summed E-state index contributed by atoms with van der Waals surface area (Å²) in [5.41, 5.74) is -0.956. The van der Waals surface area contributed by atoms with E-state index in [1.807, 2.05) is 0 Å². The van der Waals surface area contributed by atoms with Gasteiger partial charge in [-0.1, -0.05) is 26.7 Å². The van der Waals surface area contributed by atoms with Crippen LogP contribution in [0.25, 0.3) is 0 Å². The molecule has 3 nitrogen and oxygen atoms in total. The maximum Gasteiger partial charge on any atom is 0.153 e. The zero-order valence-corrected chi connectivity index (χ0v) is 11.4. The van der Waals surface area contributed by atoms with Gasteiger partial charge in [-0.2, -0.15) is 0 Å². The predicted molar refractivity (Wildman–Crippen MR) is 66.1 cm³/mol. The normalized spacial score (nSPS) is 31.2. The fourth-order valence-electron chi connectivity index (χ4n) is 2.74. The quantitative estimate of drug-likeness (QED) is 0.811. The third-order valence-electron chi connectivity index (χ3n) is 3.58. The van der Waals surface area contributed by atoms with Gasteiger partial charge in [0.1, 0.15) is 0 Å². The molecule has 16 heavy (non-hydrogen) atoms. The summed E-state index contributed by atoms with van der Waals surface area (Å²) in [7, 11) is -3.11. The molecule has 1 N–H and O–H groups in total. The van der Waals surface area contributed by atoms with E-state index in [1.165, 1.54) is 6.26 Å². The molecule has 0 aromatic rings. The molecular weight excluding hydrogens is 224 g/mol. The highest BCUT2D eigenvalue weighted by Gasteiger charge is 2.46. The van der Waals surface area contributed by atoms with Crippen LogP contribution >= 0.6 is 0 Å². The van der Waals surface area contributed by atoms with Crippen LogP contribution in [0.15, 0.2) is 0 Å². The monoisotopic (exact) mass is 248 g/mol. The van der Waals surface area contributed by atoms with Crippen LogP contribution in [0.2, 0.25) is 0 Å². The highest BCUT2D eigenvalue weighted by atomic mass is 32.2. The first-order valence-corrected chi connectivity index (χ1v) is 8.12. The molecule has 0 bridgehead atoms. The molecule has 0 aromatic carbocycles. The topological polar surface area (TPSA) is 54.4 Å². The molecule has 2 atom stereocenters. The summed E-state index contributed by atoms with van der Waals surface area (Å²) in [6.45, 7) is 4.29. The van der Waals surface area contributed by atoms with Crippen molar-refractivity contribution in [3.63, 3.8) is 0 Å². The maximum atomic E-state index is 11.6. The molecule has 0 amide bonds. The van der Waals surface area contributed by atoms with Crippen molar-refractivity contribution in [3.8, 4) is 0 Å². The standard InChI is InChI=1S/C12H24O3S/c1-10(2)6-4-8-12(13)9-5-7-11(12)16(3,14)15/h10-11,13H,4-9H2,1-3H3. The molecule has 1 fully saturated rings. The van der Waals surface area contributed by atoms with Crippen LogP contribution in [0.3, 0.4) is 0 Å². The Kier molecular flexibility index (Phi) is 4.41. The largest absolute Gasteiger partial charge is 0.389 e. The van der Waals surface area contributed by atoms with Crippen LogP contribution < -0.4 is 0 Å². The van der Waals surface area contributed by atoms with Gasteiger partial charge in [-0.05, 0) is 31.6 Å². The zero-order chi connectivity index (χ0) is 12.4. The molecule has 0 radical (unpaired) electrons. The molecule has 0 heterocycles. The lowest BCUT2D eigenvalue weighted by Gasteiger charge is -2.29. The maximum absolute atomic E-state index is 11.6. The third kappa shape index (κ3) is 3.45. The van der Waals surface area contributed by atoms with Crippen LogP contribution in [0.1, 0.15) is 52.4 Å². The second-order valence-corrected chi connectivity index (χ2v) is 7.83. The molecule has 0 spiro atoms. The third-order valence-corrected chi connectivity index (χ3v) is 5.29. The lowest BCUT2D eigenvalue weighted by Crippen LogP contribution is -2.42. The Bertz CT molecular complexity index is 321. The van der Waals surface area contributed by atoms with Crippen molar-refractivity contribution in [2.45, 2.75) is 63.2 Å². The number of rotatable bonds is 5. The van der Waals surface area contributed by atoms with Crippen LogP contribution in [0.5, 0.6) is 0 Å². The summed E-state index contributed by atoms with van der Waals surface area (Å²) in [6.07, 6.45) is 5.94. The number of hydrogen-bond acceptors (Lipinski definition) is 3. The van der Waals surface area contributed by atoms with Crippen molar-refractivity contribution in [2.24, 2.45) is 5.92 Å². The van der Waals surface area contributed by atoms with Crippen molar-refractivity contribution >= 4 is 9.84 Å². The molecule has 1 aliphatic carbocycles. The minimum absolute atomic E-state index is 0.535. The van der Waals surface area contributed by atoms with Crippen molar-refractivity contribution in [1.29, 1.82) is 0 Å². The van der Waals surface area contributed by atoms with Crippen LogP contribution in [-0.2, 0) is 9.84 Å². The van der Waals surface area contributed by atoms with Gasteiger partial charge in [-0.25, -0.2) is 8.42 Å². The van der Waals surface area contributed by atoms with E-state index >= 15 is 0 Å². The minimum Gasteiger partial charge on any atom is -0.389 e. The van der Waals surface area contributed by atoms with E-state index in [9.17, 15) is 13.5 Å². The number of hydrogen-bond donors (Lipinski definition) is 1. The smallest absolute Gasteiger partial charge is 0.153 e. The molecule has 0 saturated heterocycles.